The van der Waals surface area contributed by atoms with E-state index < -0.39 is 29.7 Å². The smallest absolute Gasteiger partial charge is 0.411 e. The Hall–Kier alpha value is -1.56. The summed E-state index contributed by atoms with van der Waals surface area (Å²) in [4.78, 5) is 24.3. The van der Waals surface area contributed by atoms with E-state index >= 15 is 0 Å². The van der Waals surface area contributed by atoms with Gasteiger partial charge in [-0.1, -0.05) is 12.2 Å². The Morgan fingerprint density at radius 2 is 1.84 bits per heavy atom. The van der Waals surface area contributed by atoms with Gasteiger partial charge in [0, 0.05) is 6.92 Å². The van der Waals surface area contributed by atoms with Gasteiger partial charge in [-0.05, 0) is 20.8 Å². The van der Waals surface area contributed by atoms with Crippen LogP contribution in [-0.4, -0.2) is 53.0 Å². The monoisotopic (exact) mass is 271 g/mol. The Bertz CT molecular complexity index is 372. The molecule has 1 aliphatic heterocycles. The van der Waals surface area contributed by atoms with Crippen molar-refractivity contribution in [3.63, 3.8) is 0 Å². The highest BCUT2D eigenvalue weighted by Crippen LogP contribution is 2.21. The first-order valence-corrected chi connectivity index (χ1v) is 6.18. The lowest BCUT2D eigenvalue weighted by atomic mass is 10.2. The molecule has 19 heavy (non-hydrogen) atoms. The molecule has 0 aliphatic carbocycles. The van der Waals surface area contributed by atoms with Crippen molar-refractivity contribution in [1.29, 1.82) is 0 Å². The molecule has 6 nitrogen and oxygen atoms in total. The second kappa shape index (κ2) is 6.06. The van der Waals surface area contributed by atoms with Crippen LogP contribution in [0, 0.1) is 0 Å². The van der Waals surface area contributed by atoms with Crippen molar-refractivity contribution < 1.29 is 24.2 Å². The van der Waals surface area contributed by atoms with Gasteiger partial charge in [0.2, 0.25) is 0 Å². The van der Waals surface area contributed by atoms with Gasteiger partial charge in [-0.3, -0.25) is 9.69 Å². The van der Waals surface area contributed by atoms with Crippen molar-refractivity contribution in [2.24, 2.45) is 0 Å². The van der Waals surface area contributed by atoms with Crippen molar-refractivity contribution >= 4 is 12.1 Å². The molecule has 0 aromatic rings. The number of aliphatic hydroxyl groups excluding tert-OH is 1. The Morgan fingerprint density at radius 3 is 2.32 bits per heavy atom. The molecule has 0 saturated carbocycles. The summed E-state index contributed by atoms with van der Waals surface area (Å²) >= 11 is 0. The van der Waals surface area contributed by atoms with E-state index in [-0.39, 0.29) is 13.2 Å². The van der Waals surface area contributed by atoms with Crippen molar-refractivity contribution in [3.8, 4) is 0 Å². The Morgan fingerprint density at radius 1 is 1.26 bits per heavy atom. The maximum absolute atomic E-state index is 12.1. The van der Waals surface area contributed by atoms with Crippen LogP contribution < -0.4 is 0 Å². The van der Waals surface area contributed by atoms with Gasteiger partial charge >= 0.3 is 12.1 Å². The van der Waals surface area contributed by atoms with Crippen LogP contribution in [0.25, 0.3) is 0 Å². The number of ether oxygens (including phenoxy) is 2. The SMILES string of the molecule is CC(=O)OCC1C=CC(CO)N1C(=O)OC(C)(C)C. The summed E-state index contributed by atoms with van der Waals surface area (Å²) in [5.74, 6) is -0.412. The predicted molar refractivity (Wildman–Crippen MR) is 68.5 cm³/mol. The van der Waals surface area contributed by atoms with Gasteiger partial charge in [-0.15, -0.1) is 0 Å². The summed E-state index contributed by atoms with van der Waals surface area (Å²) in [5, 5.41) is 9.27. The van der Waals surface area contributed by atoms with Gasteiger partial charge in [0.05, 0.1) is 18.7 Å². The van der Waals surface area contributed by atoms with Gasteiger partial charge in [0.25, 0.3) is 0 Å². The highest BCUT2D eigenvalue weighted by molar-refractivity contribution is 5.71. The molecule has 1 heterocycles. The third-order valence-corrected chi connectivity index (χ3v) is 2.52. The molecule has 2 atom stereocenters. The fraction of sp³-hybridized carbons (Fsp3) is 0.692. The second-order valence-electron chi connectivity index (χ2n) is 5.39. The number of aliphatic hydroxyl groups is 1. The molecule has 6 heteroatoms. The first kappa shape index (κ1) is 15.5. The number of amides is 1. The maximum atomic E-state index is 12.1. The lowest BCUT2D eigenvalue weighted by Gasteiger charge is -2.31. The minimum Gasteiger partial charge on any atom is -0.463 e. The standard InChI is InChI=1S/C13H21NO5/c1-9(16)18-8-11-6-5-10(7-15)14(11)12(17)19-13(2,3)4/h5-6,10-11,15H,7-8H2,1-4H3. The fourth-order valence-electron chi connectivity index (χ4n) is 1.76. The topological polar surface area (TPSA) is 76.1 Å². The first-order chi connectivity index (χ1) is 8.74. The normalized spacial score (nSPS) is 22.5. The number of carbonyl (C=O) groups is 2. The minimum absolute atomic E-state index is 0.0571. The molecule has 1 amide bonds. The largest absolute Gasteiger partial charge is 0.463 e. The second-order valence-corrected chi connectivity index (χ2v) is 5.39. The number of hydrogen-bond donors (Lipinski definition) is 1. The van der Waals surface area contributed by atoms with Gasteiger partial charge in [0.1, 0.15) is 12.2 Å². The average molecular weight is 271 g/mol. The quantitative estimate of drug-likeness (QED) is 0.614. The molecule has 1 aliphatic rings. The van der Waals surface area contributed by atoms with E-state index in [1.165, 1.54) is 11.8 Å². The molecule has 1 N–H and O–H groups in total. The van der Waals surface area contributed by atoms with Crippen LogP contribution in [0.5, 0.6) is 0 Å². The van der Waals surface area contributed by atoms with Crippen LogP contribution in [0.4, 0.5) is 4.79 Å². The minimum atomic E-state index is -0.619. The molecule has 0 spiro atoms. The zero-order valence-corrected chi connectivity index (χ0v) is 11.8. The molecule has 0 bridgehead atoms. The molecule has 1 rings (SSSR count). The van der Waals surface area contributed by atoms with Crippen molar-refractivity contribution in [2.45, 2.75) is 45.4 Å². The number of nitrogens with zero attached hydrogens (tertiary/aromatic N) is 1. The fourth-order valence-corrected chi connectivity index (χ4v) is 1.76. The molecule has 0 fully saturated rings. The first-order valence-electron chi connectivity index (χ1n) is 6.18. The molecule has 108 valence electrons. The Labute approximate surface area is 113 Å². The van der Waals surface area contributed by atoms with Crippen molar-refractivity contribution in [3.05, 3.63) is 12.2 Å². The average Bonchev–Trinajstić information content (AvgIpc) is 2.66. The molecule has 0 radical (unpaired) electrons. The molecule has 0 aromatic heterocycles. The summed E-state index contributed by atoms with van der Waals surface area (Å²) in [6.45, 7) is 6.46. The highest BCUT2D eigenvalue weighted by atomic mass is 16.6. The van der Waals surface area contributed by atoms with Gasteiger partial charge in [-0.25, -0.2) is 4.79 Å². The van der Waals surface area contributed by atoms with Crippen molar-refractivity contribution in [1.82, 2.24) is 4.90 Å². The van der Waals surface area contributed by atoms with Crippen LogP contribution in [0.2, 0.25) is 0 Å². The lowest BCUT2D eigenvalue weighted by Crippen LogP contribution is -2.47. The number of esters is 1. The van der Waals surface area contributed by atoms with Gasteiger partial charge in [0.15, 0.2) is 0 Å². The van der Waals surface area contributed by atoms with E-state index in [9.17, 15) is 14.7 Å². The Kier molecular flexibility index (Phi) is 4.94. The highest BCUT2D eigenvalue weighted by Gasteiger charge is 2.35. The van der Waals surface area contributed by atoms with E-state index in [1.54, 1.807) is 32.9 Å². The number of rotatable bonds is 3. The Balaban J connectivity index is 2.73. The van der Waals surface area contributed by atoms with E-state index in [4.69, 9.17) is 9.47 Å². The van der Waals surface area contributed by atoms with Gasteiger partial charge in [-0.2, -0.15) is 0 Å². The van der Waals surface area contributed by atoms with Gasteiger partial charge < -0.3 is 14.6 Å². The lowest BCUT2D eigenvalue weighted by molar-refractivity contribution is -0.142. The molecule has 2 unspecified atom stereocenters. The van der Waals surface area contributed by atoms with Crippen LogP contribution in [0.3, 0.4) is 0 Å². The van der Waals surface area contributed by atoms with Crippen LogP contribution in [-0.2, 0) is 14.3 Å². The van der Waals surface area contributed by atoms with E-state index in [0.717, 1.165) is 0 Å². The zero-order chi connectivity index (χ0) is 14.6. The van der Waals surface area contributed by atoms with E-state index in [2.05, 4.69) is 0 Å². The summed E-state index contributed by atoms with van der Waals surface area (Å²) in [6.07, 6.45) is 2.90. The van der Waals surface area contributed by atoms with Crippen LogP contribution >= 0.6 is 0 Å². The maximum Gasteiger partial charge on any atom is 0.411 e. The third kappa shape index (κ3) is 4.55. The third-order valence-electron chi connectivity index (χ3n) is 2.52. The summed E-state index contributed by atoms with van der Waals surface area (Å²) in [7, 11) is 0. The summed E-state index contributed by atoms with van der Waals surface area (Å²) in [5.41, 5.74) is -0.619. The van der Waals surface area contributed by atoms with E-state index in [1.807, 2.05) is 0 Å². The van der Waals surface area contributed by atoms with E-state index in [0.29, 0.717) is 0 Å². The van der Waals surface area contributed by atoms with Crippen LogP contribution in [0.1, 0.15) is 27.7 Å². The zero-order valence-electron chi connectivity index (χ0n) is 11.8. The summed E-state index contributed by atoms with van der Waals surface area (Å²) < 4.78 is 10.2. The molecular formula is C13H21NO5. The van der Waals surface area contributed by atoms with Crippen LogP contribution in [0.15, 0.2) is 12.2 Å². The van der Waals surface area contributed by atoms with Crippen molar-refractivity contribution in [2.75, 3.05) is 13.2 Å². The molecule has 0 saturated heterocycles. The summed E-state index contributed by atoms with van der Waals surface area (Å²) in [6, 6.07) is -0.855. The molecule has 0 aromatic carbocycles. The number of carbonyl (C=O) groups excluding carboxylic acids is 2. The predicted octanol–water partition coefficient (Wildman–Crippen LogP) is 1.09. The number of hydrogen-bond acceptors (Lipinski definition) is 5. The molecular weight excluding hydrogens is 250 g/mol.